The minimum absolute atomic E-state index is 0.364. The molecular weight excluding hydrogens is 184 g/mol. The van der Waals surface area contributed by atoms with Gasteiger partial charge in [0.1, 0.15) is 5.78 Å². The van der Waals surface area contributed by atoms with Crippen LogP contribution in [-0.4, -0.2) is 5.78 Å². The largest absolute Gasteiger partial charge is 0.300 e. The third-order valence-corrected chi connectivity index (χ3v) is 2.33. The molecule has 0 fully saturated rings. The lowest BCUT2D eigenvalue weighted by molar-refractivity contribution is -0.118. The van der Waals surface area contributed by atoms with Gasteiger partial charge in [-0.05, 0) is 18.4 Å². The molecule has 0 unspecified atom stereocenters. The molecule has 1 aromatic rings. The van der Waals surface area contributed by atoms with Crippen LogP contribution in [0.3, 0.4) is 0 Å². The molecule has 0 saturated carbocycles. The Hall–Kier alpha value is -1.37. The molecule has 0 N–H and O–H groups in total. The second-order valence-electron chi connectivity index (χ2n) is 3.60. The highest BCUT2D eigenvalue weighted by molar-refractivity contribution is 5.77. The summed E-state index contributed by atoms with van der Waals surface area (Å²) in [5.74, 6) is 0.364. The molecule has 0 aliphatic rings. The molecule has 0 heterocycles. The minimum atomic E-state index is 0.364. The van der Waals surface area contributed by atoms with Crippen LogP contribution >= 0.6 is 0 Å². The van der Waals surface area contributed by atoms with Gasteiger partial charge in [0.25, 0.3) is 0 Å². The van der Waals surface area contributed by atoms with Crippen LogP contribution in [-0.2, 0) is 4.79 Å². The molecule has 1 aromatic carbocycles. The second kappa shape index (κ2) is 6.99. The van der Waals surface area contributed by atoms with E-state index < -0.39 is 0 Å². The summed E-state index contributed by atoms with van der Waals surface area (Å²) in [6.45, 7) is 1.92. The molecule has 0 spiro atoms. The normalized spacial score (nSPS) is 10.7. The third-order valence-electron chi connectivity index (χ3n) is 2.33. The van der Waals surface area contributed by atoms with Crippen LogP contribution in [0.1, 0.15) is 38.2 Å². The van der Waals surface area contributed by atoms with Crippen LogP contribution in [0.5, 0.6) is 0 Å². The van der Waals surface area contributed by atoms with Gasteiger partial charge < -0.3 is 0 Å². The zero-order chi connectivity index (χ0) is 10.9. The van der Waals surface area contributed by atoms with E-state index in [2.05, 4.69) is 24.3 Å². The summed E-state index contributed by atoms with van der Waals surface area (Å²) in [5, 5.41) is 0. The number of carbonyl (C=O) groups is 1. The monoisotopic (exact) mass is 202 g/mol. The molecule has 0 aliphatic carbocycles. The number of hydrogen-bond donors (Lipinski definition) is 0. The predicted octanol–water partition coefficient (Wildman–Crippen LogP) is 3.85. The van der Waals surface area contributed by atoms with Gasteiger partial charge in [-0.2, -0.15) is 0 Å². The summed E-state index contributed by atoms with van der Waals surface area (Å²) >= 11 is 0. The topological polar surface area (TPSA) is 17.1 Å². The Kier molecular flexibility index (Phi) is 5.46. The molecule has 1 heteroatoms. The van der Waals surface area contributed by atoms with Gasteiger partial charge >= 0.3 is 0 Å². The SMILES string of the molecule is CCC(=O)CCCC=Cc1ccccc1. The molecule has 0 aromatic heterocycles. The van der Waals surface area contributed by atoms with E-state index >= 15 is 0 Å². The van der Waals surface area contributed by atoms with E-state index in [0.29, 0.717) is 12.2 Å². The predicted molar refractivity (Wildman–Crippen MR) is 64.6 cm³/mol. The van der Waals surface area contributed by atoms with Gasteiger partial charge in [-0.25, -0.2) is 0 Å². The maximum absolute atomic E-state index is 11.0. The highest BCUT2D eigenvalue weighted by Crippen LogP contribution is 2.05. The van der Waals surface area contributed by atoms with Crippen molar-refractivity contribution in [1.29, 1.82) is 0 Å². The first kappa shape index (κ1) is 11.7. The zero-order valence-corrected chi connectivity index (χ0v) is 9.28. The van der Waals surface area contributed by atoms with Crippen molar-refractivity contribution in [2.45, 2.75) is 32.6 Å². The Morgan fingerprint density at radius 3 is 2.67 bits per heavy atom. The second-order valence-corrected chi connectivity index (χ2v) is 3.60. The summed E-state index contributed by atoms with van der Waals surface area (Å²) < 4.78 is 0. The van der Waals surface area contributed by atoms with E-state index in [0.717, 1.165) is 19.3 Å². The van der Waals surface area contributed by atoms with E-state index in [1.807, 2.05) is 25.1 Å². The van der Waals surface area contributed by atoms with Gasteiger partial charge in [-0.15, -0.1) is 0 Å². The Labute approximate surface area is 91.8 Å². The molecule has 0 saturated heterocycles. The van der Waals surface area contributed by atoms with Crippen molar-refractivity contribution in [1.82, 2.24) is 0 Å². The van der Waals surface area contributed by atoms with Gasteiger partial charge in [0, 0.05) is 12.8 Å². The number of unbranched alkanes of at least 4 members (excludes halogenated alkanes) is 1. The molecule has 0 aliphatic heterocycles. The average molecular weight is 202 g/mol. The molecule has 0 radical (unpaired) electrons. The van der Waals surface area contributed by atoms with Crippen molar-refractivity contribution in [2.75, 3.05) is 0 Å². The molecule has 1 nitrogen and oxygen atoms in total. The number of Topliss-reactive ketones (excluding diaryl/α,β-unsaturated/α-hetero) is 1. The zero-order valence-electron chi connectivity index (χ0n) is 9.28. The molecule has 80 valence electrons. The van der Waals surface area contributed by atoms with Crippen LogP contribution in [0.2, 0.25) is 0 Å². The first-order valence-corrected chi connectivity index (χ1v) is 5.56. The number of hydrogen-bond acceptors (Lipinski definition) is 1. The first-order chi connectivity index (χ1) is 7.33. The van der Waals surface area contributed by atoms with Crippen molar-refractivity contribution >= 4 is 11.9 Å². The molecule has 15 heavy (non-hydrogen) atoms. The fourth-order valence-corrected chi connectivity index (χ4v) is 1.38. The van der Waals surface area contributed by atoms with Gasteiger partial charge in [0.2, 0.25) is 0 Å². The van der Waals surface area contributed by atoms with Crippen LogP contribution in [0.15, 0.2) is 36.4 Å². The van der Waals surface area contributed by atoms with E-state index in [1.54, 1.807) is 0 Å². The van der Waals surface area contributed by atoms with Gasteiger partial charge in [-0.1, -0.05) is 49.4 Å². The maximum Gasteiger partial charge on any atom is 0.132 e. The smallest absolute Gasteiger partial charge is 0.132 e. The van der Waals surface area contributed by atoms with Gasteiger partial charge in [0.05, 0.1) is 0 Å². The van der Waals surface area contributed by atoms with Crippen LogP contribution < -0.4 is 0 Å². The Balaban J connectivity index is 2.20. The lowest BCUT2D eigenvalue weighted by Gasteiger charge is -1.94. The molecule has 0 amide bonds. The summed E-state index contributed by atoms with van der Waals surface area (Å²) in [6.07, 6.45) is 7.59. The van der Waals surface area contributed by atoms with E-state index in [-0.39, 0.29) is 0 Å². The van der Waals surface area contributed by atoms with E-state index in [4.69, 9.17) is 0 Å². The standard InChI is InChI=1S/C14H18O/c1-2-14(15)12-8-4-7-11-13-9-5-3-6-10-13/h3,5-7,9-11H,2,4,8,12H2,1H3. The fourth-order valence-electron chi connectivity index (χ4n) is 1.38. The van der Waals surface area contributed by atoms with E-state index in [9.17, 15) is 4.79 Å². The molecule has 0 bridgehead atoms. The summed E-state index contributed by atoms with van der Waals surface area (Å²) in [7, 11) is 0. The number of ketones is 1. The van der Waals surface area contributed by atoms with Crippen molar-refractivity contribution in [3.05, 3.63) is 42.0 Å². The van der Waals surface area contributed by atoms with Crippen molar-refractivity contribution < 1.29 is 4.79 Å². The third kappa shape index (κ3) is 5.16. The van der Waals surface area contributed by atoms with Gasteiger partial charge in [-0.3, -0.25) is 4.79 Å². The quantitative estimate of drug-likeness (QED) is 0.640. The first-order valence-electron chi connectivity index (χ1n) is 5.56. The summed E-state index contributed by atoms with van der Waals surface area (Å²) in [5.41, 5.74) is 1.22. The van der Waals surface area contributed by atoms with Gasteiger partial charge in [0.15, 0.2) is 0 Å². The van der Waals surface area contributed by atoms with Crippen LogP contribution in [0, 0.1) is 0 Å². The highest BCUT2D eigenvalue weighted by Gasteiger charge is 1.95. The summed E-state index contributed by atoms with van der Waals surface area (Å²) in [6, 6.07) is 10.2. The van der Waals surface area contributed by atoms with Crippen molar-refractivity contribution in [2.24, 2.45) is 0 Å². The number of carbonyl (C=O) groups excluding carboxylic acids is 1. The Bertz CT molecular complexity index is 311. The van der Waals surface area contributed by atoms with Crippen LogP contribution in [0.4, 0.5) is 0 Å². The number of allylic oxidation sites excluding steroid dienone is 1. The lowest BCUT2D eigenvalue weighted by atomic mass is 10.1. The lowest BCUT2D eigenvalue weighted by Crippen LogP contribution is -1.93. The minimum Gasteiger partial charge on any atom is -0.300 e. The average Bonchev–Trinajstić information content (AvgIpc) is 2.29. The molecular formula is C14H18O. The Morgan fingerprint density at radius 1 is 1.27 bits per heavy atom. The maximum atomic E-state index is 11.0. The fraction of sp³-hybridized carbons (Fsp3) is 0.357. The highest BCUT2D eigenvalue weighted by atomic mass is 16.1. The molecule has 0 atom stereocenters. The number of rotatable bonds is 6. The van der Waals surface area contributed by atoms with Crippen molar-refractivity contribution in [3.8, 4) is 0 Å². The van der Waals surface area contributed by atoms with Crippen LogP contribution in [0.25, 0.3) is 6.08 Å². The Morgan fingerprint density at radius 2 is 2.00 bits per heavy atom. The molecule has 1 rings (SSSR count). The van der Waals surface area contributed by atoms with Crippen molar-refractivity contribution in [3.63, 3.8) is 0 Å². The number of benzene rings is 1. The van der Waals surface area contributed by atoms with E-state index in [1.165, 1.54) is 5.56 Å². The summed E-state index contributed by atoms with van der Waals surface area (Å²) in [4.78, 5) is 11.0.